The maximum Gasteiger partial charge on any atom is 0.0807 e. The standard InChI is InChI=1S/C13H19NO/c1-2-9-8-12(9)14-7-6-10-11(14)4-3-5-13(10)15/h6-7,9,12-13,15H,2-5,8H2,1H3. The van der Waals surface area contributed by atoms with Gasteiger partial charge in [0.05, 0.1) is 6.10 Å². The lowest BCUT2D eigenvalue weighted by Gasteiger charge is -2.20. The molecule has 1 N–H and O–H groups in total. The third-order valence-corrected chi connectivity index (χ3v) is 4.08. The number of fused-ring (bicyclic) bond motifs is 1. The minimum atomic E-state index is -0.200. The summed E-state index contributed by atoms with van der Waals surface area (Å²) in [5, 5.41) is 9.89. The molecule has 0 amide bonds. The van der Waals surface area contributed by atoms with Crippen molar-refractivity contribution >= 4 is 0 Å². The lowest BCUT2D eigenvalue weighted by molar-refractivity contribution is 0.155. The van der Waals surface area contributed by atoms with Crippen molar-refractivity contribution < 1.29 is 5.11 Å². The molecule has 0 aliphatic heterocycles. The molecule has 82 valence electrons. The van der Waals surface area contributed by atoms with Gasteiger partial charge in [-0.3, -0.25) is 0 Å². The molecule has 1 fully saturated rings. The highest BCUT2D eigenvalue weighted by Gasteiger charge is 2.38. The molecule has 2 heteroatoms. The van der Waals surface area contributed by atoms with Crippen molar-refractivity contribution in [3.05, 3.63) is 23.5 Å². The molecule has 3 atom stereocenters. The Balaban J connectivity index is 1.91. The van der Waals surface area contributed by atoms with Gasteiger partial charge in [0, 0.05) is 23.5 Å². The van der Waals surface area contributed by atoms with E-state index in [1.807, 2.05) is 0 Å². The Hall–Kier alpha value is -0.760. The highest BCUT2D eigenvalue weighted by atomic mass is 16.3. The minimum Gasteiger partial charge on any atom is -0.388 e. The van der Waals surface area contributed by atoms with Gasteiger partial charge in [0.25, 0.3) is 0 Å². The van der Waals surface area contributed by atoms with Crippen molar-refractivity contribution in [2.45, 2.75) is 51.2 Å². The smallest absolute Gasteiger partial charge is 0.0807 e. The summed E-state index contributed by atoms with van der Waals surface area (Å²) >= 11 is 0. The van der Waals surface area contributed by atoms with E-state index in [1.54, 1.807) is 0 Å². The monoisotopic (exact) mass is 205 g/mol. The average Bonchev–Trinajstić information content (AvgIpc) is 2.90. The van der Waals surface area contributed by atoms with Crippen LogP contribution in [0.25, 0.3) is 0 Å². The van der Waals surface area contributed by atoms with Gasteiger partial charge in [0.1, 0.15) is 0 Å². The van der Waals surface area contributed by atoms with Crippen LogP contribution in [-0.4, -0.2) is 9.67 Å². The third-order valence-electron chi connectivity index (χ3n) is 4.08. The van der Waals surface area contributed by atoms with E-state index < -0.39 is 0 Å². The maximum atomic E-state index is 9.89. The number of hydrogen-bond acceptors (Lipinski definition) is 1. The first-order chi connectivity index (χ1) is 7.31. The molecule has 1 aromatic rings. The van der Waals surface area contributed by atoms with Gasteiger partial charge < -0.3 is 9.67 Å². The van der Waals surface area contributed by atoms with E-state index in [0.717, 1.165) is 31.2 Å². The molecule has 3 rings (SSSR count). The Morgan fingerprint density at radius 1 is 1.53 bits per heavy atom. The summed E-state index contributed by atoms with van der Waals surface area (Å²) in [5.74, 6) is 0.889. The molecule has 0 aromatic carbocycles. The number of aromatic nitrogens is 1. The molecular weight excluding hydrogens is 186 g/mol. The number of hydrogen-bond donors (Lipinski definition) is 1. The molecule has 3 unspecified atom stereocenters. The van der Waals surface area contributed by atoms with Crippen molar-refractivity contribution in [1.29, 1.82) is 0 Å². The Labute approximate surface area is 90.9 Å². The SMILES string of the molecule is CCC1CC1n1ccc2c1CCCC2O. The van der Waals surface area contributed by atoms with Crippen LogP contribution in [0, 0.1) is 5.92 Å². The van der Waals surface area contributed by atoms with E-state index in [9.17, 15) is 5.11 Å². The molecule has 1 saturated carbocycles. The van der Waals surface area contributed by atoms with Crippen LogP contribution in [0.2, 0.25) is 0 Å². The molecule has 2 aliphatic rings. The van der Waals surface area contributed by atoms with Crippen LogP contribution >= 0.6 is 0 Å². The quantitative estimate of drug-likeness (QED) is 0.789. The molecule has 15 heavy (non-hydrogen) atoms. The van der Waals surface area contributed by atoms with Crippen molar-refractivity contribution in [3.63, 3.8) is 0 Å². The molecule has 1 heterocycles. The number of aliphatic hydroxyl groups is 1. The fraction of sp³-hybridized carbons (Fsp3) is 0.692. The van der Waals surface area contributed by atoms with Gasteiger partial charge in [-0.2, -0.15) is 0 Å². The maximum absolute atomic E-state index is 9.89. The fourth-order valence-corrected chi connectivity index (χ4v) is 3.01. The average molecular weight is 205 g/mol. The molecular formula is C13H19NO. The first-order valence-electron chi connectivity index (χ1n) is 6.19. The lowest BCUT2D eigenvalue weighted by atomic mass is 9.95. The van der Waals surface area contributed by atoms with Crippen LogP contribution in [0.1, 0.15) is 56.0 Å². The van der Waals surface area contributed by atoms with Gasteiger partial charge >= 0.3 is 0 Å². The summed E-state index contributed by atoms with van der Waals surface area (Å²) in [6.07, 6.45) is 7.87. The van der Waals surface area contributed by atoms with Gasteiger partial charge in [-0.15, -0.1) is 0 Å². The van der Waals surface area contributed by atoms with Gasteiger partial charge in [0.2, 0.25) is 0 Å². The summed E-state index contributed by atoms with van der Waals surface area (Å²) in [5.41, 5.74) is 2.61. The largest absolute Gasteiger partial charge is 0.388 e. The Morgan fingerprint density at radius 3 is 3.13 bits per heavy atom. The van der Waals surface area contributed by atoms with Crippen LogP contribution in [0.4, 0.5) is 0 Å². The summed E-state index contributed by atoms with van der Waals surface area (Å²) in [7, 11) is 0. The zero-order valence-electron chi connectivity index (χ0n) is 9.32. The van der Waals surface area contributed by atoms with Crippen molar-refractivity contribution in [2.75, 3.05) is 0 Å². The van der Waals surface area contributed by atoms with Crippen LogP contribution < -0.4 is 0 Å². The van der Waals surface area contributed by atoms with Crippen molar-refractivity contribution in [1.82, 2.24) is 4.57 Å². The van der Waals surface area contributed by atoms with Gasteiger partial charge in [-0.05, 0) is 37.7 Å². The minimum absolute atomic E-state index is 0.200. The molecule has 2 aliphatic carbocycles. The van der Waals surface area contributed by atoms with Gasteiger partial charge in [0.15, 0.2) is 0 Å². The number of nitrogens with zero attached hydrogens (tertiary/aromatic N) is 1. The first-order valence-corrected chi connectivity index (χ1v) is 6.19. The molecule has 0 bridgehead atoms. The summed E-state index contributed by atoms with van der Waals surface area (Å²) in [6, 6.07) is 2.87. The second kappa shape index (κ2) is 3.38. The zero-order valence-corrected chi connectivity index (χ0v) is 9.32. The first kappa shape index (κ1) is 9.46. The number of rotatable bonds is 2. The summed E-state index contributed by atoms with van der Waals surface area (Å²) in [6.45, 7) is 2.27. The molecule has 2 nitrogen and oxygen atoms in total. The van der Waals surface area contributed by atoms with Crippen molar-refractivity contribution in [2.24, 2.45) is 5.92 Å². The van der Waals surface area contributed by atoms with E-state index in [-0.39, 0.29) is 6.10 Å². The Bertz CT molecular complexity index is 369. The topological polar surface area (TPSA) is 25.2 Å². The Kier molecular flexibility index (Phi) is 2.13. The molecule has 0 spiro atoms. The lowest BCUT2D eigenvalue weighted by Crippen LogP contribution is -2.11. The predicted octanol–water partition coefficient (Wildman–Crippen LogP) is 2.83. The third kappa shape index (κ3) is 1.43. The van der Waals surface area contributed by atoms with Crippen molar-refractivity contribution in [3.8, 4) is 0 Å². The second-order valence-corrected chi connectivity index (χ2v) is 5.00. The van der Waals surface area contributed by atoms with E-state index >= 15 is 0 Å². The highest BCUT2D eigenvalue weighted by molar-refractivity contribution is 5.28. The summed E-state index contributed by atoms with van der Waals surface area (Å²) in [4.78, 5) is 0. The van der Waals surface area contributed by atoms with Gasteiger partial charge in [-0.25, -0.2) is 0 Å². The fourth-order valence-electron chi connectivity index (χ4n) is 3.01. The summed E-state index contributed by atoms with van der Waals surface area (Å²) < 4.78 is 2.44. The van der Waals surface area contributed by atoms with Crippen LogP contribution in [0.5, 0.6) is 0 Å². The molecule has 1 aromatic heterocycles. The van der Waals surface area contributed by atoms with E-state index in [0.29, 0.717) is 0 Å². The normalized spacial score (nSPS) is 33.9. The second-order valence-electron chi connectivity index (χ2n) is 5.00. The van der Waals surface area contributed by atoms with E-state index in [2.05, 4.69) is 23.8 Å². The molecule has 0 saturated heterocycles. The number of aliphatic hydroxyl groups excluding tert-OH is 1. The Morgan fingerprint density at radius 2 is 2.40 bits per heavy atom. The zero-order chi connectivity index (χ0) is 10.4. The predicted molar refractivity (Wildman–Crippen MR) is 59.8 cm³/mol. The van der Waals surface area contributed by atoms with Gasteiger partial charge in [-0.1, -0.05) is 13.3 Å². The van der Waals surface area contributed by atoms with E-state index in [1.165, 1.54) is 24.1 Å². The highest BCUT2D eigenvalue weighted by Crippen LogP contribution is 2.47. The van der Waals surface area contributed by atoms with E-state index in [4.69, 9.17) is 0 Å². The van der Waals surface area contributed by atoms with Crippen LogP contribution in [-0.2, 0) is 6.42 Å². The van der Waals surface area contributed by atoms with Crippen LogP contribution in [0.15, 0.2) is 12.3 Å². The molecule has 0 radical (unpaired) electrons. The van der Waals surface area contributed by atoms with Crippen LogP contribution in [0.3, 0.4) is 0 Å².